The Kier molecular flexibility index (Phi) is 4.14. The van der Waals surface area contributed by atoms with E-state index in [1.54, 1.807) is 42.9 Å². The van der Waals surface area contributed by atoms with E-state index in [2.05, 4.69) is 32.4 Å². The molecule has 5 nitrogen and oxygen atoms in total. The van der Waals surface area contributed by atoms with Crippen molar-refractivity contribution in [3.05, 3.63) is 46.2 Å². The summed E-state index contributed by atoms with van der Waals surface area (Å²) in [5.41, 5.74) is 1.33. The molecule has 0 spiro atoms. The predicted octanol–water partition coefficient (Wildman–Crippen LogP) is 3.20. The van der Waals surface area contributed by atoms with Crippen LogP contribution in [0, 0.1) is 18.3 Å². The van der Waals surface area contributed by atoms with Crippen molar-refractivity contribution in [2.45, 2.75) is 26.3 Å². The predicted molar refractivity (Wildman–Crippen MR) is 83.8 cm³/mol. The van der Waals surface area contributed by atoms with E-state index in [0.29, 0.717) is 15.7 Å². The number of carbonyl (C=O) groups excluding carboxylic acids is 1. The van der Waals surface area contributed by atoms with Gasteiger partial charge in [0.25, 0.3) is 5.91 Å². The summed E-state index contributed by atoms with van der Waals surface area (Å²) in [5.74, 6) is -0.184. The zero-order valence-electron chi connectivity index (χ0n) is 12.0. The average Bonchev–Trinajstić information content (AvgIpc) is 2.88. The van der Waals surface area contributed by atoms with E-state index in [1.807, 2.05) is 13.1 Å². The molecule has 1 aromatic heterocycles. The fourth-order valence-electron chi connectivity index (χ4n) is 1.78. The Morgan fingerprint density at radius 1 is 1.48 bits per heavy atom. The number of nitrogens with zero attached hydrogens (tertiary/aromatic N) is 3. The molecule has 1 heterocycles. The van der Waals surface area contributed by atoms with E-state index >= 15 is 0 Å². The third kappa shape index (κ3) is 3.14. The van der Waals surface area contributed by atoms with Crippen LogP contribution in [-0.2, 0) is 10.3 Å². The average molecular weight is 347 g/mol. The fourth-order valence-corrected chi connectivity index (χ4v) is 2.26. The lowest BCUT2D eigenvalue weighted by Gasteiger charge is -2.24. The smallest absolute Gasteiger partial charge is 0.251 e. The molecule has 0 aliphatic heterocycles. The highest BCUT2D eigenvalue weighted by molar-refractivity contribution is 9.10. The van der Waals surface area contributed by atoms with Gasteiger partial charge in [-0.05, 0) is 60.5 Å². The number of benzene rings is 1. The number of hydrogen-bond acceptors (Lipinski definition) is 3. The van der Waals surface area contributed by atoms with Crippen molar-refractivity contribution in [3.63, 3.8) is 0 Å². The fraction of sp³-hybridized carbons (Fsp3) is 0.267. The monoisotopic (exact) mass is 346 g/mol. The minimum atomic E-state index is -0.818. The molecule has 1 amide bonds. The molecule has 21 heavy (non-hydrogen) atoms. The molecule has 0 saturated heterocycles. The Bertz CT molecular complexity index is 728. The molecule has 0 saturated carbocycles. The van der Waals surface area contributed by atoms with Crippen LogP contribution in [-0.4, -0.2) is 15.7 Å². The summed E-state index contributed by atoms with van der Waals surface area (Å²) in [6, 6.07) is 7.08. The molecule has 0 radical (unpaired) electrons. The second kappa shape index (κ2) is 5.70. The number of anilines is 1. The molecular formula is C15H15BrN4O. The van der Waals surface area contributed by atoms with E-state index in [1.165, 1.54) is 0 Å². The molecule has 1 N–H and O–H groups in total. The molecule has 0 fully saturated rings. The minimum Gasteiger partial charge on any atom is -0.323 e. The SMILES string of the molecule is Cc1cnn(C(C)(C)C(=O)Nc2ccc(C#N)cc2Br)c1. The van der Waals surface area contributed by atoms with Crippen molar-refractivity contribution < 1.29 is 4.79 Å². The van der Waals surface area contributed by atoms with E-state index in [4.69, 9.17) is 5.26 Å². The Balaban J connectivity index is 2.23. The summed E-state index contributed by atoms with van der Waals surface area (Å²) in [7, 11) is 0. The first kappa shape index (κ1) is 15.3. The summed E-state index contributed by atoms with van der Waals surface area (Å²) in [6.45, 7) is 5.52. The van der Waals surface area contributed by atoms with Crippen LogP contribution in [0.25, 0.3) is 0 Å². The molecule has 0 unspecified atom stereocenters. The van der Waals surface area contributed by atoms with Gasteiger partial charge in [-0.3, -0.25) is 9.48 Å². The highest BCUT2D eigenvalue weighted by Crippen LogP contribution is 2.25. The van der Waals surface area contributed by atoms with Gasteiger partial charge in [-0.25, -0.2) is 0 Å². The van der Waals surface area contributed by atoms with Gasteiger partial charge < -0.3 is 5.32 Å². The molecule has 2 rings (SSSR count). The summed E-state index contributed by atoms with van der Waals surface area (Å²) in [4.78, 5) is 12.5. The number of amides is 1. The number of aryl methyl sites for hydroxylation is 1. The Hall–Kier alpha value is -2.13. The van der Waals surface area contributed by atoms with Gasteiger partial charge in [0.1, 0.15) is 5.54 Å². The van der Waals surface area contributed by atoms with Gasteiger partial charge in [-0.1, -0.05) is 0 Å². The van der Waals surface area contributed by atoms with Crippen LogP contribution in [0.4, 0.5) is 5.69 Å². The summed E-state index contributed by atoms with van der Waals surface area (Å²) in [5, 5.41) is 15.9. The molecule has 0 atom stereocenters. The van der Waals surface area contributed by atoms with Gasteiger partial charge in [0.2, 0.25) is 0 Å². The van der Waals surface area contributed by atoms with Crippen molar-refractivity contribution >= 4 is 27.5 Å². The number of nitrogens with one attached hydrogen (secondary N) is 1. The maximum absolute atomic E-state index is 12.5. The minimum absolute atomic E-state index is 0.184. The normalized spacial score (nSPS) is 11.0. The van der Waals surface area contributed by atoms with E-state index in [0.717, 1.165) is 5.56 Å². The number of nitriles is 1. The number of hydrogen-bond donors (Lipinski definition) is 1. The molecular weight excluding hydrogens is 332 g/mol. The zero-order valence-corrected chi connectivity index (χ0v) is 13.6. The highest BCUT2D eigenvalue weighted by atomic mass is 79.9. The highest BCUT2D eigenvalue weighted by Gasteiger charge is 2.30. The second-order valence-corrected chi connectivity index (χ2v) is 6.14. The molecule has 6 heteroatoms. The van der Waals surface area contributed by atoms with Crippen LogP contribution < -0.4 is 5.32 Å². The second-order valence-electron chi connectivity index (χ2n) is 5.28. The van der Waals surface area contributed by atoms with Crippen molar-refractivity contribution in [2.24, 2.45) is 0 Å². The van der Waals surface area contributed by atoms with Gasteiger partial charge in [-0.15, -0.1) is 0 Å². The molecule has 108 valence electrons. The summed E-state index contributed by atoms with van der Waals surface area (Å²) >= 11 is 3.36. The Labute approximate surface area is 131 Å². The number of carbonyl (C=O) groups is 1. The molecule has 0 aliphatic carbocycles. The first-order valence-electron chi connectivity index (χ1n) is 6.37. The molecule has 0 bridgehead atoms. The number of aromatic nitrogens is 2. The lowest BCUT2D eigenvalue weighted by molar-refractivity contribution is -0.123. The maximum atomic E-state index is 12.5. The van der Waals surface area contributed by atoms with Crippen LogP contribution in [0.2, 0.25) is 0 Å². The molecule has 1 aromatic carbocycles. The van der Waals surface area contributed by atoms with E-state index in [9.17, 15) is 4.79 Å². The lowest BCUT2D eigenvalue weighted by Crippen LogP contribution is -2.40. The van der Waals surface area contributed by atoms with Gasteiger partial charge in [0.05, 0.1) is 23.5 Å². The first-order chi connectivity index (χ1) is 9.84. The van der Waals surface area contributed by atoms with Crippen LogP contribution in [0.15, 0.2) is 35.1 Å². The standard InChI is InChI=1S/C15H15BrN4O/c1-10-8-18-20(9-10)15(2,3)14(21)19-13-5-4-11(7-17)6-12(13)16/h4-6,8-9H,1-3H3,(H,19,21). The summed E-state index contributed by atoms with van der Waals surface area (Å²) < 4.78 is 2.30. The van der Waals surface area contributed by atoms with Gasteiger partial charge in [0, 0.05) is 10.7 Å². The van der Waals surface area contributed by atoms with Crippen molar-refractivity contribution in [1.29, 1.82) is 5.26 Å². The third-order valence-corrected chi connectivity index (χ3v) is 3.84. The van der Waals surface area contributed by atoms with Crippen molar-refractivity contribution in [2.75, 3.05) is 5.32 Å². The van der Waals surface area contributed by atoms with Gasteiger partial charge >= 0.3 is 0 Å². The number of rotatable bonds is 3. The Morgan fingerprint density at radius 3 is 2.71 bits per heavy atom. The van der Waals surface area contributed by atoms with E-state index in [-0.39, 0.29) is 5.91 Å². The Morgan fingerprint density at radius 2 is 2.19 bits per heavy atom. The zero-order chi connectivity index (χ0) is 15.6. The van der Waals surface area contributed by atoms with Gasteiger partial charge in [0.15, 0.2) is 0 Å². The first-order valence-corrected chi connectivity index (χ1v) is 7.17. The van der Waals surface area contributed by atoms with Crippen molar-refractivity contribution in [3.8, 4) is 6.07 Å². The number of halogens is 1. The van der Waals surface area contributed by atoms with Gasteiger partial charge in [-0.2, -0.15) is 10.4 Å². The quantitative estimate of drug-likeness (QED) is 0.927. The molecule has 0 aliphatic rings. The topological polar surface area (TPSA) is 70.7 Å². The third-order valence-electron chi connectivity index (χ3n) is 3.19. The molecule has 2 aromatic rings. The lowest BCUT2D eigenvalue weighted by atomic mass is 10.0. The van der Waals surface area contributed by atoms with Crippen molar-refractivity contribution in [1.82, 2.24) is 9.78 Å². The van der Waals surface area contributed by atoms with E-state index < -0.39 is 5.54 Å². The van der Waals surface area contributed by atoms with Crippen LogP contribution in [0.3, 0.4) is 0 Å². The largest absolute Gasteiger partial charge is 0.323 e. The summed E-state index contributed by atoms with van der Waals surface area (Å²) in [6.07, 6.45) is 3.54. The van der Waals surface area contributed by atoms with Crippen LogP contribution in [0.1, 0.15) is 25.0 Å². The maximum Gasteiger partial charge on any atom is 0.251 e. The van der Waals surface area contributed by atoms with Crippen LogP contribution in [0.5, 0.6) is 0 Å². The van der Waals surface area contributed by atoms with Crippen LogP contribution >= 0.6 is 15.9 Å².